The van der Waals surface area contributed by atoms with Gasteiger partial charge in [0.15, 0.2) is 0 Å². The van der Waals surface area contributed by atoms with Crippen LogP contribution in [-0.4, -0.2) is 24.5 Å². The van der Waals surface area contributed by atoms with Crippen LogP contribution in [0.25, 0.3) is 11.0 Å². The zero-order valence-electron chi connectivity index (χ0n) is 11.5. The minimum absolute atomic E-state index is 0.143. The molecule has 2 N–H and O–H groups in total. The van der Waals surface area contributed by atoms with E-state index < -0.39 is 0 Å². The third kappa shape index (κ3) is 3.33. The summed E-state index contributed by atoms with van der Waals surface area (Å²) >= 11 is 0. The number of nitrogens with two attached hydrogens (primary N) is 1. The SMILES string of the molecule is CCN(CC)CCC(N)c1cc2cc(F)ccc2o1. The number of fused-ring (bicyclic) bond motifs is 1. The van der Waals surface area contributed by atoms with E-state index in [-0.39, 0.29) is 11.9 Å². The summed E-state index contributed by atoms with van der Waals surface area (Å²) in [6.07, 6.45) is 0.837. The van der Waals surface area contributed by atoms with Crippen molar-refractivity contribution in [2.75, 3.05) is 19.6 Å². The van der Waals surface area contributed by atoms with Crippen molar-refractivity contribution in [3.8, 4) is 0 Å². The highest BCUT2D eigenvalue weighted by atomic mass is 19.1. The Morgan fingerprint density at radius 1 is 1.26 bits per heavy atom. The maximum absolute atomic E-state index is 13.1. The molecule has 1 heterocycles. The summed E-state index contributed by atoms with van der Waals surface area (Å²) in [4.78, 5) is 2.32. The van der Waals surface area contributed by atoms with Crippen LogP contribution in [0.5, 0.6) is 0 Å². The number of furan rings is 1. The fourth-order valence-corrected chi connectivity index (χ4v) is 2.22. The Morgan fingerprint density at radius 2 is 2.00 bits per heavy atom. The fraction of sp³-hybridized carbons (Fsp3) is 0.467. The first-order valence-corrected chi connectivity index (χ1v) is 6.81. The standard InChI is InChI=1S/C15H21FN2O/c1-3-18(4-2)8-7-13(17)15-10-11-9-12(16)5-6-14(11)19-15/h5-6,9-10,13H,3-4,7-8,17H2,1-2H3. The zero-order chi connectivity index (χ0) is 13.8. The van der Waals surface area contributed by atoms with Crippen LogP contribution in [0.3, 0.4) is 0 Å². The van der Waals surface area contributed by atoms with E-state index in [4.69, 9.17) is 10.2 Å². The van der Waals surface area contributed by atoms with Crippen LogP contribution in [0.2, 0.25) is 0 Å². The summed E-state index contributed by atoms with van der Waals surface area (Å²) in [5, 5.41) is 0.772. The molecule has 0 amide bonds. The number of benzene rings is 1. The zero-order valence-corrected chi connectivity index (χ0v) is 11.5. The molecule has 0 aliphatic rings. The Bertz CT molecular complexity index is 534. The fourth-order valence-electron chi connectivity index (χ4n) is 2.22. The highest BCUT2D eigenvalue weighted by Gasteiger charge is 2.13. The summed E-state index contributed by atoms with van der Waals surface area (Å²) in [6.45, 7) is 7.26. The summed E-state index contributed by atoms with van der Waals surface area (Å²) < 4.78 is 18.8. The molecular weight excluding hydrogens is 243 g/mol. The minimum atomic E-state index is -0.253. The van der Waals surface area contributed by atoms with Gasteiger partial charge >= 0.3 is 0 Å². The van der Waals surface area contributed by atoms with Crippen molar-refractivity contribution in [2.45, 2.75) is 26.3 Å². The van der Waals surface area contributed by atoms with Crippen LogP contribution in [-0.2, 0) is 0 Å². The van der Waals surface area contributed by atoms with Gasteiger partial charge in [0.05, 0.1) is 6.04 Å². The third-order valence-electron chi connectivity index (χ3n) is 3.51. The average molecular weight is 264 g/mol. The number of rotatable bonds is 6. The first kappa shape index (κ1) is 14.0. The predicted octanol–water partition coefficient (Wildman–Crippen LogP) is 3.30. The summed E-state index contributed by atoms with van der Waals surface area (Å²) in [5.41, 5.74) is 6.83. The number of hydrogen-bond donors (Lipinski definition) is 1. The minimum Gasteiger partial charge on any atom is -0.459 e. The molecule has 2 aromatic rings. The van der Waals surface area contributed by atoms with Crippen molar-refractivity contribution in [3.05, 3.63) is 35.8 Å². The number of halogens is 1. The Labute approximate surface area is 113 Å². The van der Waals surface area contributed by atoms with Gasteiger partial charge < -0.3 is 15.1 Å². The van der Waals surface area contributed by atoms with Gasteiger partial charge in [0.1, 0.15) is 17.2 Å². The van der Waals surface area contributed by atoms with Crippen molar-refractivity contribution in [1.29, 1.82) is 0 Å². The molecule has 0 saturated carbocycles. The Hall–Kier alpha value is -1.39. The van der Waals surface area contributed by atoms with Crippen LogP contribution in [0.4, 0.5) is 4.39 Å². The largest absolute Gasteiger partial charge is 0.459 e. The lowest BCUT2D eigenvalue weighted by atomic mass is 10.1. The van der Waals surface area contributed by atoms with E-state index in [1.807, 2.05) is 6.07 Å². The van der Waals surface area contributed by atoms with Crippen LogP contribution in [0.1, 0.15) is 32.1 Å². The van der Waals surface area contributed by atoms with Gasteiger partial charge in [-0.15, -0.1) is 0 Å². The van der Waals surface area contributed by atoms with Crippen LogP contribution in [0.15, 0.2) is 28.7 Å². The van der Waals surface area contributed by atoms with E-state index in [1.54, 1.807) is 6.07 Å². The normalized spacial score (nSPS) is 13.3. The molecule has 0 aliphatic carbocycles. The molecule has 0 radical (unpaired) electrons. The molecular formula is C15H21FN2O. The second kappa shape index (κ2) is 6.17. The van der Waals surface area contributed by atoms with Gasteiger partial charge in [-0.1, -0.05) is 13.8 Å². The lowest BCUT2D eigenvalue weighted by Crippen LogP contribution is -2.26. The van der Waals surface area contributed by atoms with Crippen LogP contribution in [0, 0.1) is 5.82 Å². The summed E-state index contributed by atoms with van der Waals surface area (Å²) in [6, 6.07) is 6.21. The molecule has 0 aliphatic heterocycles. The Kier molecular flexibility index (Phi) is 4.56. The molecule has 2 rings (SSSR count). The monoisotopic (exact) mass is 264 g/mol. The molecule has 0 saturated heterocycles. The van der Waals surface area contributed by atoms with Gasteiger partial charge in [0, 0.05) is 11.9 Å². The summed E-state index contributed by atoms with van der Waals surface area (Å²) in [5.74, 6) is 0.476. The highest BCUT2D eigenvalue weighted by molar-refractivity contribution is 5.77. The molecule has 104 valence electrons. The molecule has 1 aromatic heterocycles. The van der Waals surface area contributed by atoms with Gasteiger partial charge in [-0.3, -0.25) is 0 Å². The molecule has 1 unspecified atom stereocenters. The second-order valence-electron chi connectivity index (χ2n) is 4.75. The topological polar surface area (TPSA) is 42.4 Å². The van der Waals surface area contributed by atoms with Gasteiger partial charge in [-0.05, 0) is 43.8 Å². The van der Waals surface area contributed by atoms with Crippen LogP contribution < -0.4 is 5.73 Å². The molecule has 0 spiro atoms. The van der Waals surface area contributed by atoms with Gasteiger partial charge in [0.25, 0.3) is 0 Å². The van der Waals surface area contributed by atoms with Crippen molar-refractivity contribution in [3.63, 3.8) is 0 Å². The van der Waals surface area contributed by atoms with Gasteiger partial charge in [-0.25, -0.2) is 4.39 Å². The van der Waals surface area contributed by atoms with E-state index in [0.29, 0.717) is 5.58 Å². The smallest absolute Gasteiger partial charge is 0.134 e. The lowest BCUT2D eigenvalue weighted by molar-refractivity contribution is 0.285. The van der Waals surface area contributed by atoms with Gasteiger partial charge in [0.2, 0.25) is 0 Å². The van der Waals surface area contributed by atoms with E-state index >= 15 is 0 Å². The second-order valence-corrected chi connectivity index (χ2v) is 4.75. The first-order valence-electron chi connectivity index (χ1n) is 6.81. The molecule has 0 fully saturated rings. The average Bonchev–Trinajstić information content (AvgIpc) is 2.82. The maximum atomic E-state index is 13.1. The van der Waals surface area contributed by atoms with E-state index in [9.17, 15) is 4.39 Å². The lowest BCUT2D eigenvalue weighted by Gasteiger charge is -2.19. The summed E-state index contributed by atoms with van der Waals surface area (Å²) in [7, 11) is 0. The van der Waals surface area contributed by atoms with Crippen molar-refractivity contribution in [2.24, 2.45) is 5.73 Å². The Morgan fingerprint density at radius 3 is 2.68 bits per heavy atom. The quantitative estimate of drug-likeness (QED) is 0.870. The molecule has 3 nitrogen and oxygen atoms in total. The van der Waals surface area contributed by atoms with E-state index in [1.165, 1.54) is 12.1 Å². The van der Waals surface area contributed by atoms with E-state index in [0.717, 1.165) is 37.2 Å². The molecule has 0 bridgehead atoms. The maximum Gasteiger partial charge on any atom is 0.134 e. The molecule has 4 heteroatoms. The molecule has 1 aromatic carbocycles. The van der Waals surface area contributed by atoms with Crippen molar-refractivity contribution >= 4 is 11.0 Å². The van der Waals surface area contributed by atoms with Crippen molar-refractivity contribution in [1.82, 2.24) is 4.90 Å². The van der Waals surface area contributed by atoms with Crippen LogP contribution >= 0.6 is 0 Å². The van der Waals surface area contributed by atoms with Gasteiger partial charge in [-0.2, -0.15) is 0 Å². The number of hydrogen-bond acceptors (Lipinski definition) is 3. The third-order valence-corrected chi connectivity index (χ3v) is 3.51. The Balaban J connectivity index is 2.06. The van der Waals surface area contributed by atoms with E-state index in [2.05, 4.69) is 18.7 Å². The predicted molar refractivity (Wildman–Crippen MR) is 75.5 cm³/mol. The van der Waals surface area contributed by atoms with Crippen molar-refractivity contribution < 1.29 is 8.81 Å². The first-order chi connectivity index (χ1) is 9.13. The highest BCUT2D eigenvalue weighted by Crippen LogP contribution is 2.25. The molecule has 19 heavy (non-hydrogen) atoms. The molecule has 1 atom stereocenters. The number of nitrogens with zero attached hydrogens (tertiary/aromatic N) is 1.